The summed E-state index contributed by atoms with van der Waals surface area (Å²) >= 11 is 1.58. The molecule has 8 heteroatoms. The zero-order valence-electron chi connectivity index (χ0n) is 16.0. The quantitative estimate of drug-likeness (QED) is 0.713. The molecule has 1 aliphatic heterocycles. The lowest BCUT2D eigenvalue weighted by Gasteiger charge is -2.32. The molecule has 0 bridgehead atoms. The Bertz CT molecular complexity index is 946. The van der Waals surface area contributed by atoms with Crippen LogP contribution < -0.4 is 10.2 Å². The Balaban J connectivity index is 1.62. The van der Waals surface area contributed by atoms with Crippen molar-refractivity contribution in [3.63, 3.8) is 0 Å². The van der Waals surface area contributed by atoms with Crippen LogP contribution in [0.3, 0.4) is 0 Å². The van der Waals surface area contributed by atoms with E-state index in [4.69, 9.17) is 0 Å². The van der Waals surface area contributed by atoms with Gasteiger partial charge in [-0.1, -0.05) is 36.4 Å². The Labute approximate surface area is 168 Å². The van der Waals surface area contributed by atoms with Gasteiger partial charge < -0.3 is 9.80 Å². The lowest BCUT2D eigenvalue weighted by Crippen LogP contribution is -2.45. The number of aromatic nitrogens is 4. The first-order valence-corrected chi connectivity index (χ1v) is 10.1. The Morgan fingerprint density at radius 3 is 2.50 bits per heavy atom. The second-order valence-corrected chi connectivity index (χ2v) is 7.99. The van der Waals surface area contributed by atoms with Gasteiger partial charge in [-0.25, -0.2) is 4.98 Å². The number of anilines is 3. The molecule has 1 fully saturated rings. The molecule has 7 nitrogen and oxygen atoms in total. The zero-order valence-corrected chi connectivity index (χ0v) is 16.9. The van der Waals surface area contributed by atoms with Crippen LogP contribution in [0.15, 0.2) is 36.5 Å². The van der Waals surface area contributed by atoms with E-state index < -0.39 is 0 Å². The lowest BCUT2D eigenvalue weighted by molar-refractivity contribution is 0.311. The molecule has 0 unspecified atom stereocenters. The first kappa shape index (κ1) is 18.5. The second kappa shape index (κ2) is 8.45. The van der Waals surface area contributed by atoms with E-state index in [9.17, 15) is 0 Å². The third kappa shape index (κ3) is 4.71. The van der Waals surface area contributed by atoms with Gasteiger partial charge in [-0.3, -0.25) is 5.32 Å². The van der Waals surface area contributed by atoms with Gasteiger partial charge in [-0.2, -0.15) is 15.0 Å². The van der Waals surface area contributed by atoms with Crippen molar-refractivity contribution >= 4 is 40.5 Å². The van der Waals surface area contributed by atoms with E-state index in [1.807, 2.05) is 43.5 Å². The van der Waals surface area contributed by atoms with Crippen LogP contribution in [0.1, 0.15) is 16.3 Å². The van der Waals surface area contributed by atoms with E-state index >= 15 is 0 Å². The van der Waals surface area contributed by atoms with Gasteiger partial charge in [0.05, 0.1) is 0 Å². The van der Waals surface area contributed by atoms with Crippen molar-refractivity contribution in [2.75, 3.05) is 43.4 Å². The molecule has 3 aromatic rings. The fraction of sp³-hybridized carbons (Fsp3) is 0.300. The van der Waals surface area contributed by atoms with Crippen LogP contribution in [-0.2, 0) is 0 Å². The predicted octanol–water partition coefficient (Wildman–Crippen LogP) is 3.30. The number of thiazole rings is 1. The highest BCUT2D eigenvalue weighted by Gasteiger charge is 2.18. The Morgan fingerprint density at radius 1 is 1.00 bits per heavy atom. The first-order chi connectivity index (χ1) is 13.7. The Kier molecular flexibility index (Phi) is 5.59. The monoisotopic (exact) mass is 393 g/mol. The number of hydrogen-bond acceptors (Lipinski definition) is 8. The topological polar surface area (TPSA) is 70.1 Å². The molecule has 1 saturated heterocycles. The molecular weight excluding hydrogens is 370 g/mol. The minimum atomic E-state index is 0.519. The van der Waals surface area contributed by atoms with E-state index in [0.29, 0.717) is 17.7 Å². The zero-order chi connectivity index (χ0) is 19.3. The molecule has 2 aromatic heterocycles. The number of piperazine rings is 1. The molecule has 144 valence electrons. The van der Waals surface area contributed by atoms with Crippen molar-refractivity contribution in [3.05, 3.63) is 52.8 Å². The van der Waals surface area contributed by atoms with Crippen LogP contribution in [0.4, 0.5) is 17.0 Å². The van der Waals surface area contributed by atoms with Crippen LogP contribution in [0.5, 0.6) is 0 Å². The lowest BCUT2D eigenvalue weighted by atomic mass is 10.2. The van der Waals surface area contributed by atoms with E-state index in [-0.39, 0.29) is 0 Å². The van der Waals surface area contributed by atoms with Crippen LogP contribution in [-0.4, -0.2) is 58.1 Å². The van der Waals surface area contributed by atoms with Gasteiger partial charge in [0.15, 0.2) is 11.0 Å². The number of nitrogens with zero attached hydrogens (tertiary/aromatic N) is 6. The highest BCUT2D eigenvalue weighted by Crippen LogP contribution is 2.22. The first-order valence-electron chi connectivity index (χ1n) is 9.28. The Hall–Kier alpha value is -2.84. The van der Waals surface area contributed by atoms with Crippen molar-refractivity contribution in [1.29, 1.82) is 0 Å². The van der Waals surface area contributed by atoms with Gasteiger partial charge in [0, 0.05) is 37.3 Å². The van der Waals surface area contributed by atoms with E-state index in [0.717, 1.165) is 41.8 Å². The van der Waals surface area contributed by atoms with Gasteiger partial charge in [0.1, 0.15) is 0 Å². The molecule has 0 aliphatic carbocycles. The third-order valence-corrected chi connectivity index (χ3v) is 5.32. The van der Waals surface area contributed by atoms with Crippen molar-refractivity contribution in [1.82, 2.24) is 24.8 Å². The third-order valence-electron chi connectivity index (χ3n) is 4.49. The number of aryl methyl sites for hydroxylation is 1. The molecule has 1 aromatic carbocycles. The molecule has 0 saturated carbocycles. The van der Waals surface area contributed by atoms with Crippen molar-refractivity contribution in [3.8, 4) is 0 Å². The fourth-order valence-corrected chi connectivity index (χ4v) is 3.56. The van der Waals surface area contributed by atoms with Gasteiger partial charge in [-0.15, -0.1) is 11.3 Å². The number of rotatable bonds is 5. The van der Waals surface area contributed by atoms with Crippen molar-refractivity contribution < 1.29 is 0 Å². The fourth-order valence-electron chi connectivity index (χ4n) is 2.90. The number of nitrogens with one attached hydrogen (secondary N) is 1. The molecule has 0 spiro atoms. The highest BCUT2D eigenvalue weighted by molar-refractivity contribution is 7.15. The summed E-state index contributed by atoms with van der Waals surface area (Å²) in [5.41, 5.74) is 1.11. The molecule has 0 amide bonds. The molecule has 4 rings (SSSR count). The maximum Gasteiger partial charge on any atom is 0.234 e. The standard InChI is InChI=1S/C20H23N7S/c1-15-14-21-20(28-15)25-18-22-17(9-8-16-6-4-3-5-7-16)23-19(24-18)27-12-10-26(2)11-13-27/h3-9,14H,10-13H2,1-2H3,(H,21,22,23,24,25). The van der Waals surface area contributed by atoms with Gasteiger partial charge in [0.25, 0.3) is 0 Å². The van der Waals surface area contributed by atoms with Gasteiger partial charge in [0.2, 0.25) is 11.9 Å². The average Bonchev–Trinajstić information content (AvgIpc) is 3.12. The minimum Gasteiger partial charge on any atom is -0.338 e. The summed E-state index contributed by atoms with van der Waals surface area (Å²) in [6.07, 6.45) is 5.78. The summed E-state index contributed by atoms with van der Waals surface area (Å²) < 4.78 is 0. The van der Waals surface area contributed by atoms with Crippen LogP contribution >= 0.6 is 11.3 Å². The summed E-state index contributed by atoms with van der Waals surface area (Å²) in [5.74, 6) is 1.85. The largest absolute Gasteiger partial charge is 0.338 e. The highest BCUT2D eigenvalue weighted by atomic mass is 32.1. The molecule has 0 atom stereocenters. The SMILES string of the molecule is Cc1cnc(Nc2nc(C=Cc3ccccc3)nc(N3CCN(C)CC3)n2)s1. The average molecular weight is 394 g/mol. The maximum absolute atomic E-state index is 4.69. The van der Waals surface area contributed by atoms with E-state index in [2.05, 4.69) is 54.2 Å². The molecular formula is C20H23N7S. The predicted molar refractivity (Wildman–Crippen MR) is 115 cm³/mol. The summed E-state index contributed by atoms with van der Waals surface area (Å²) in [6, 6.07) is 10.1. The number of likely N-dealkylation sites (N-methyl/N-ethyl adjacent to an activating group) is 1. The number of benzene rings is 1. The molecule has 3 heterocycles. The second-order valence-electron chi connectivity index (χ2n) is 6.75. The van der Waals surface area contributed by atoms with Crippen LogP contribution in [0.2, 0.25) is 0 Å². The normalized spacial score (nSPS) is 15.3. The summed E-state index contributed by atoms with van der Waals surface area (Å²) in [4.78, 5) is 23.9. The van der Waals surface area contributed by atoms with Gasteiger partial charge >= 0.3 is 0 Å². The van der Waals surface area contributed by atoms with Crippen molar-refractivity contribution in [2.24, 2.45) is 0 Å². The minimum absolute atomic E-state index is 0.519. The van der Waals surface area contributed by atoms with E-state index in [1.54, 1.807) is 11.3 Å². The molecule has 1 aliphatic rings. The van der Waals surface area contributed by atoms with Crippen LogP contribution in [0.25, 0.3) is 12.2 Å². The molecule has 0 radical (unpaired) electrons. The van der Waals surface area contributed by atoms with Crippen molar-refractivity contribution in [2.45, 2.75) is 6.92 Å². The Morgan fingerprint density at radius 2 is 1.79 bits per heavy atom. The van der Waals surface area contributed by atoms with Crippen LogP contribution in [0, 0.1) is 6.92 Å². The summed E-state index contributed by atoms with van der Waals surface area (Å²) in [6.45, 7) is 5.82. The molecule has 1 N–H and O–H groups in total. The van der Waals surface area contributed by atoms with Gasteiger partial charge in [-0.05, 0) is 25.6 Å². The maximum atomic E-state index is 4.69. The summed E-state index contributed by atoms with van der Waals surface area (Å²) in [7, 11) is 2.14. The smallest absolute Gasteiger partial charge is 0.234 e. The summed E-state index contributed by atoms with van der Waals surface area (Å²) in [5, 5.41) is 4.01. The molecule has 28 heavy (non-hydrogen) atoms. The number of hydrogen-bond donors (Lipinski definition) is 1. The van der Waals surface area contributed by atoms with E-state index in [1.165, 1.54) is 0 Å².